The Bertz CT molecular complexity index is 1620. The van der Waals surface area contributed by atoms with Gasteiger partial charge in [0.15, 0.2) is 0 Å². The predicted octanol–water partition coefficient (Wildman–Crippen LogP) is 4.22. The number of fused-ring (bicyclic) bond motifs is 1. The molecule has 2 amide bonds. The van der Waals surface area contributed by atoms with Crippen LogP contribution in [-0.2, 0) is 21.0 Å². The number of halogens is 4. The molecule has 3 N–H and O–H groups in total. The van der Waals surface area contributed by atoms with Crippen LogP contribution in [0.5, 0.6) is 5.75 Å². The third-order valence-electron chi connectivity index (χ3n) is 6.61. The van der Waals surface area contributed by atoms with Gasteiger partial charge in [-0.25, -0.2) is 8.42 Å². The van der Waals surface area contributed by atoms with Gasteiger partial charge < -0.3 is 20.5 Å². The molecule has 42 heavy (non-hydrogen) atoms. The molecular formula is C28H27ClF3N3O6S. The highest BCUT2D eigenvalue weighted by molar-refractivity contribution is 7.92. The molecule has 9 nitrogen and oxygen atoms in total. The molecule has 0 saturated heterocycles. The zero-order chi connectivity index (χ0) is 30.8. The normalized spacial score (nSPS) is 15.8. The van der Waals surface area contributed by atoms with Gasteiger partial charge in [0.05, 0.1) is 41.8 Å². The molecule has 2 atom stereocenters. The minimum absolute atomic E-state index is 0.00766. The molecule has 0 radical (unpaired) electrons. The molecule has 224 valence electrons. The van der Waals surface area contributed by atoms with Crippen molar-refractivity contribution in [1.82, 2.24) is 10.6 Å². The molecule has 3 aromatic rings. The largest absolute Gasteiger partial charge is 0.484 e. The van der Waals surface area contributed by atoms with E-state index in [0.29, 0.717) is 5.56 Å². The van der Waals surface area contributed by atoms with Crippen LogP contribution in [0, 0.1) is 6.92 Å². The minimum Gasteiger partial charge on any atom is -0.484 e. The third-order valence-corrected chi connectivity index (χ3v) is 8.73. The van der Waals surface area contributed by atoms with Gasteiger partial charge in [-0.3, -0.25) is 13.9 Å². The SMILES string of the molecule is CNC(=O)C[C@H](NC(=O)c1ccc2c(c1)N(S(=O)(=O)c1cccc(C)c1)C[C@@H](CO)O2)c1cc(C(F)(F)F)ccc1Cl. The zero-order valence-corrected chi connectivity index (χ0v) is 24.0. The molecule has 14 heteroatoms. The highest BCUT2D eigenvalue weighted by Crippen LogP contribution is 2.39. The van der Waals surface area contributed by atoms with Crippen LogP contribution in [0.25, 0.3) is 0 Å². The highest BCUT2D eigenvalue weighted by atomic mass is 35.5. The van der Waals surface area contributed by atoms with Gasteiger partial charge in [-0.1, -0.05) is 23.7 Å². The first-order chi connectivity index (χ1) is 19.7. The van der Waals surface area contributed by atoms with Gasteiger partial charge in [0.1, 0.15) is 11.9 Å². The van der Waals surface area contributed by atoms with E-state index in [1.165, 1.54) is 37.4 Å². The van der Waals surface area contributed by atoms with E-state index < -0.39 is 58.8 Å². The van der Waals surface area contributed by atoms with Crippen molar-refractivity contribution in [3.63, 3.8) is 0 Å². The van der Waals surface area contributed by atoms with Crippen molar-refractivity contribution in [2.75, 3.05) is 24.5 Å². The second-order valence-corrected chi connectivity index (χ2v) is 11.9. The van der Waals surface area contributed by atoms with Crippen molar-refractivity contribution < 1.29 is 41.0 Å². The van der Waals surface area contributed by atoms with Gasteiger partial charge in [-0.2, -0.15) is 13.2 Å². The van der Waals surface area contributed by atoms with Crippen LogP contribution in [0.2, 0.25) is 5.02 Å². The minimum atomic E-state index is -4.70. The Balaban J connectivity index is 1.73. The third kappa shape index (κ3) is 6.63. The van der Waals surface area contributed by atoms with E-state index in [2.05, 4.69) is 10.6 Å². The summed E-state index contributed by atoms with van der Waals surface area (Å²) in [5.74, 6) is -1.29. The molecule has 0 spiro atoms. The van der Waals surface area contributed by atoms with E-state index >= 15 is 0 Å². The van der Waals surface area contributed by atoms with Gasteiger partial charge in [0, 0.05) is 17.6 Å². The number of alkyl halides is 3. The van der Waals surface area contributed by atoms with E-state index in [1.807, 2.05) is 0 Å². The number of ether oxygens (including phenoxy) is 1. The molecular weight excluding hydrogens is 599 g/mol. The standard InChI is InChI=1S/C28H27ClF3N3O6S/c1-16-4-3-5-20(10-16)42(39,40)35-14-19(15-36)41-25-9-6-17(11-24(25)35)27(38)34-23(13-26(37)33-2)21-12-18(28(30,31)32)7-8-22(21)29/h3-12,19,23,36H,13-15H2,1-2H3,(H,33,37)(H,34,38)/t19-,23-/m0/s1. The average Bonchev–Trinajstić information content (AvgIpc) is 2.95. The number of rotatable bonds is 8. The number of aliphatic hydroxyl groups is 1. The maximum absolute atomic E-state index is 13.6. The van der Waals surface area contributed by atoms with Crippen LogP contribution in [-0.4, -0.2) is 51.6 Å². The number of nitrogens with zero attached hydrogens (tertiary/aromatic N) is 1. The van der Waals surface area contributed by atoms with Gasteiger partial charge in [-0.05, 0) is 66.6 Å². The number of hydrogen-bond acceptors (Lipinski definition) is 6. The Kier molecular flexibility index (Phi) is 9.04. The first-order valence-electron chi connectivity index (χ1n) is 12.6. The summed E-state index contributed by atoms with van der Waals surface area (Å²) in [5, 5.41) is 14.6. The van der Waals surface area contributed by atoms with Crippen molar-refractivity contribution in [3.8, 4) is 5.75 Å². The van der Waals surface area contributed by atoms with Crippen LogP contribution >= 0.6 is 11.6 Å². The van der Waals surface area contributed by atoms with Crippen molar-refractivity contribution >= 4 is 39.1 Å². The lowest BCUT2D eigenvalue weighted by Gasteiger charge is -2.35. The first kappa shape index (κ1) is 31.1. The van der Waals surface area contributed by atoms with E-state index in [4.69, 9.17) is 16.3 Å². The number of nitrogens with one attached hydrogen (secondary N) is 2. The van der Waals surface area contributed by atoms with Crippen LogP contribution in [0.4, 0.5) is 18.9 Å². The lowest BCUT2D eigenvalue weighted by molar-refractivity contribution is -0.137. The fraction of sp³-hybridized carbons (Fsp3) is 0.286. The Morgan fingerprint density at radius 1 is 1.14 bits per heavy atom. The second-order valence-electron chi connectivity index (χ2n) is 9.59. The molecule has 3 aromatic carbocycles. The monoisotopic (exact) mass is 625 g/mol. The number of benzene rings is 3. The summed E-state index contributed by atoms with van der Waals surface area (Å²) in [7, 11) is -2.82. The Morgan fingerprint density at radius 3 is 2.52 bits per heavy atom. The lowest BCUT2D eigenvalue weighted by atomic mass is 9.99. The number of anilines is 1. The van der Waals surface area contributed by atoms with Crippen LogP contribution in [0.3, 0.4) is 0 Å². The first-order valence-corrected chi connectivity index (χ1v) is 14.5. The molecule has 0 aromatic heterocycles. The van der Waals surface area contributed by atoms with Crippen molar-refractivity contribution in [2.45, 2.75) is 36.6 Å². The summed E-state index contributed by atoms with van der Waals surface area (Å²) in [6.45, 7) is 1.02. The summed E-state index contributed by atoms with van der Waals surface area (Å²) in [6.07, 6.45) is -6.00. The number of aryl methyl sites for hydroxylation is 1. The second kappa shape index (κ2) is 12.2. The lowest BCUT2D eigenvalue weighted by Crippen LogP contribution is -2.45. The number of carbonyl (C=O) groups is 2. The molecule has 0 saturated carbocycles. The maximum Gasteiger partial charge on any atom is 0.416 e. The van der Waals surface area contributed by atoms with Crippen molar-refractivity contribution in [1.29, 1.82) is 0 Å². The molecule has 0 aliphatic carbocycles. The van der Waals surface area contributed by atoms with E-state index in [1.54, 1.807) is 19.1 Å². The molecule has 0 fully saturated rings. The topological polar surface area (TPSA) is 125 Å². The van der Waals surface area contributed by atoms with Gasteiger partial charge >= 0.3 is 6.18 Å². The number of carbonyl (C=O) groups excluding carboxylic acids is 2. The molecule has 1 heterocycles. The van der Waals surface area contributed by atoms with Crippen LogP contribution < -0.4 is 19.7 Å². The zero-order valence-electron chi connectivity index (χ0n) is 22.4. The van der Waals surface area contributed by atoms with Crippen LogP contribution in [0.15, 0.2) is 65.6 Å². The molecule has 0 bridgehead atoms. The fourth-order valence-electron chi connectivity index (χ4n) is 4.43. The Hall–Kier alpha value is -3.81. The van der Waals surface area contributed by atoms with Gasteiger partial charge in [-0.15, -0.1) is 0 Å². The maximum atomic E-state index is 13.6. The Morgan fingerprint density at radius 2 is 1.88 bits per heavy atom. The van der Waals surface area contributed by atoms with E-state index in [0.717, 1.165) is 22.5 Å². The van der Waals surface area contributed by atoms with Gasteiger partial charge in [0.2, 0.25) is 5.91 Å². The summed E-state index contributed by atoms with van der Waals surface area (Å²) in [4.78, 5) is 25.6. The molecule has 1 aliphatic heterocycles. The summed E-state index contributed by atoms with van der Waals surface area (Å²) in [5.41, 5.74) is -0.478. The van der Waals surface area contributed by atoms with Crippen LogP contribution in [0.1, 0.15) is 39.5 Å². The summed E-state index contributed by atoms with van der Waals surface area (Å²) in [6, 6.07) is 11.5. The average molecular weight is 626 g/mol. The van der Waals surface area contributed by atoms with Gasteiger partial charge in [0.25, 0.3) is 15.9 Å². The van der Waals surface area contributed by atoms with E-state index in [-0.39, 0.29) is 39.0 Å². The number of hydrogen-bond donors (Lipinski definition) is 3. The summed E-state index contributed by atoms with van der Waals surface area (Å²) < 4.78 is 74.3. The highest BCUT2D eigenvalue weighted by Gasteiger charge is 2.36. The molecule has 4 rings (SSSR count). The predicted molar refractivity (Wildman–Crippen MR) is 149 cm³/mol. The molecule has 0 unspecified atom stereocenters. The fourth-order valence-corrected chi connectivity index (χ4v) is 6.29. The van der Waals surface area contributed by atoms with E-state index in [9.17, 15) is 36.3 Å². The Labute approximate surface area is 245 Å². The summed E-state index contributed by atoms with van der Waals surface area (Å²) >= 11 is 6.20. The van der Waals surface area contributed by atoms with Crippen molar-refractivity contribution in [3.05, 3.63) is 87.9 Å². The number of sulfonamides is 1. The van der Waals surface area contributed by atoms with Crippen molar-refractivity contribution in [2.24, 2.45) is 0 Å². The smallest absolute Gasteiger partial charge is 0.416 e. The quantitative estimate of drug-likeness (QED) is 0.344. The number of amides is 2. The molecule has 1 aliphatic rings. The number of aliphatic hydroxyl groups excluding tert-OH is 1.